The molecule has 0 bridgehead atoms. The van der Waals surface area contributed by atoms with E-state index in [0.717, 1.165) is 5.56 Å². The summed E-state index contributed by atoms with van der Waals surface area (Å²) in [5.41, 5.74) is 1.66. The molecular weight excluding hydrogens is 306 g/mol. The highest BCUT2D eigenvalue weighted by Crippen LogP contribution is 2.24. The SMILES string of the molecule is O=C(NC1CCC(C(=O)O)CC1)c1cnn(Cc2ccccc2)c1. The van der Waals surface area contributed by atoms with Crippen LogP contribution in [0.4, 0.5) is 0 Å². The van der Waals surface area contributed by atoms with Crippen LogP contribution >= 0.6 is 0 Å². The molecule has 0 unspecified atom stereocenters. The fourth-order valence-corrected chi connectivity index (χ4v) is 3.09. The maximum absolute atomic E-state index is 12.3. The number of amides is 1. The highest BCUT2D eigenvalue weighted by molar-refractivity contribution is 5.93. The van der Waals surface area contributed by atoms with Crippen molar-refractivity contribution in [1.82, 2.24) is 15.1 Å². The van der Waals surface area contributed by atoms with Gasteiger partial charge in [0.15, 0.2) is 0 Å². The normalized spacial score (nSPS) is 20.5. The Labute approximate surface area is 140 Å². The van der Waals surface area contributed by atoms with E-state index in [-0.39, 0.29) is 17.9 Å². The molecule has 0 saturated heterocycles. The lowest BCUT2D eigenvalue weighted by molar-refractivity contribution is -0.142. The predicted molar refractivity (Wildman–Crippen MR) is 88.6 cm³/mol. The number of carbonyl (C=O) groups excluding carboxylic acids is 1. The molecule has 2 aromatic rings. The average Bonchev–Trinajstić information content (AvgIpc) is 3.05. The highest BCUT2D eigenvalue weighted by Gasteiger charge is 2.27. The zero-order valence-electron chi connectivity index (χ0n) is 13.4. The molecule has 1 saturated carbocycles. The molecule has 0 aliphatic heterocycles. The Morgan fingerprint density at radius 1 is 1.17 bits per heavy atom. The first-order valence-corrected chi connectivity index (χ1v) is 8.22. The van der Waals surface area contributed by atoms with Crippen LogP contribution in [0, 0.1) is 5.92 Å². The van der Waals surface area contributed by atoms with Gasteiger partial charge in [-0.25, -0.2) is 0 Å². The van der Waals surface area contributed by atoms with Crippen molar-refractivity contribution in [3.8, 4) is 0 Å². The van der Waals surface area contributed by atoms with Crippen LogP contribution in [0.25, 0.3) is 0 Å². The third-order valence-corrected chi connectivity index (χ3v) is 4.49. The zero-order chi connectivity index (χ0) is 16.9. The quantitative estimate of drug-likeness (QED) is 0.882. The van der Waals surface area contributed by atoms with Crippen LogP contribution in [0.5, 0.6) is 0 Å². The molecule has 1 amide bonds. The van der Waals surface area contributed by atoms with E-state index in [1.165, 1.54) is 0 Å². The number of hydrogen-bond donors (Lipinski definition) is 2. The molecule has 1 aromatic carbocycles. The van der Waals surface area contributed by atoms with Gasteiger partial charge in [-0.2, -0.15) is 5.10 Å². The van der Waals surface area contributed by atoms with Gasteiger partial charge in [0.05, 0.1) is 24.2 Å². The van der Waals surface area contributed by atoms with E-state index in [2.05, 4.69) is 10.4 Å². The van der Waals surface area contributed by atoms with Crippen LogP contribution in [-0.2, 0) is 11.3 Å². The molecule has 1 heterocycles. The van der Waals surface area contributed by atoms with Crippen molar-refractivity contribution in [2.45, 2.75) is 38.3 Å². The Kier molecular flexibility index (Phi) is 4.93. The number of hydrogen-bond acceptors (Lipinski definition) is 3. The van der Waals surface area contributed by atoms with Crippen molar-refractivity contribution in [2.75, 3.05) is 0 Å². The summed E-state index contributed by atoms with van der Waals surface area (Å²) in [7, 11) is 0. The second-order valence-electron chi connectivity index (χ2n) is 6.27. The zero-order valence-corrected chi connectivity index (χ0v) is 13.4. The van der Waals surface area contributed by atoms with Crippen LogP contribution in [0.2, 0.25) is 0 Å². The fraction of sp³-hybridized carbons (Fsp3) is 0.389. The number of rotatable bonds is 5. The topological polar surface area (TPSA) is 84.2 Å². The van der Waals surface area contributed by atoms with Crippen LogP contribution in [-0.4, -0.2) is 32.8 Å². The van der Waals surface area contributed by atoms with Crippen molar-refractivity contribution < 1.29 is 14.7 Å². The van der Waals surface area contributed by atoms with Crippen molar-refractivity contribution >= 4 is 11.9 Å². The Balaban J connectivity index is 1.54. The molecule has 1 fully saturated rings. The third-order valence-electron chi connectivity index (χ3n) is 4.49. The minimum Gasteiger partial charge on any atom is -0.481 e. The Morgan fingerprint density at radius 3 is 2.54 bits per heavy atom. The number of nitrogens with zero attached hydrogens (tertiary/aromatic N) is 2. The molecule has 1 aromatic heterocycles. The number of benzene rings is 1. The van der Waals surface area contributed by atoms with Crippen LogP contribution in [0.1, 0.15) is 41.6 Å². The molecule has 6 nitrogen and oxygen atoms in total. The molecule has 6 heteroatoms. The van der Waals surface area contributed by atoms with Crippen molar-refractivity contribution in [2.24, 2.45) is 5.92 Å². The largest absolute Gasteiger partial charge is 0.481 e. The summed E-state index contributed by atoms with van der Waals surface area (Å²) in [5.74, 6) is -1.15. The predicted octanol–water partition coefficient (Wildman–Crippen LogP) is 2.30. The van der Waals surface area contributed by atoms with E-state index in [0.29, 0.717) is 37.8 Å². The van der Waals surface area contributed by atoms with Crippen LogP contribution < -0.4 is 5.32 Å². The number of carboxylic acids is 1. The fourth-order valence-electron chi connectivity index (χ4n) is 3.09. The molecule has 24 heavy (non-hydrogen) atoms. The Hall–Kier alpha value is -2.63. The molecule has 3 rings (SSSR count). The van der Waals surface area contributed by atoms with E-state index in [1.807, 2.05) is 30.3 Å². The number of aromatic nitrogens is 2. The summed E-state index contributed by atoms with van der Waals surface area (Å²) >= 11 is 0. The lowest BCUT2D eigenvalue weighted by Gasteiger charge is -2.26. The summed E-state index contributed by atoms with van der Waals surface area (Å²) in [6, 6.07) is 9.99. The number of nitrogens with one attached hydrogen (secondary N) is 1. The van der Waals surface area contributed by atoms with Crippen LogP contribution in [0.15, 0.2) is 42.7 Å². The van der Waals surface area contributed by atoms with Crippen molar-refractivity contribution in [1.29, 1.82) is 0 Å². The maximum Gasteiger partial charge on any atom is 0.306 e. The van der Waals surface area contributed by atoms with Gasteiger partial charge in [-0.15, -0.1) is 0 Å². The summed E-state index contributed by atoms with van der Waals surface area (Å²) in [6.07, 6.45) is 5.97. The van der Waals surface area contributed by atoms with E-state index in [4.69, 9.17) is 5.11 Å². The van der Waals surface area contributed by atoms with Crippen molar-refractivity contribution in [3.05, 3.63) is 53.9 Å². The van der Waals surface area contributed by atoms with Gasteiger partial charge in [-0.05, 0) is 31.2 Å². The van der Waals surface area contributed by atoms with E-state index in [1.54, 1.807) is 17.1 Å². The minimum absolute atomic E-state index is 0.0468. The molecule has 1 aliphatic carbocycles. The summed E-state index contributed by atoms with van der Waals surface area (Å²) in [5, 5.41) is 16.2. The number of aliphatic carboxylic acids is 1. The van der Waals surface area contributed by atoms with E-state index in [9.17, 15) is 9.59 Å². The summed E-state index contributed by atoms with van der Waals surface area (Å²) in [6.45, 7) is 0.623. The van der Waals surface area contributed by atoms with Gasteiger partial charge in [0, 0.05) is 12.2 Å². The smallest absolute Gasteiger partial charge is 0.306 e. The standard InChI is InChI=1S/C18H21N3O3/c22-17(20-16-8-6-14(7-9-16)18(23)24)15-10-19-21(12-15)11-13-4-2-1-3-5-13/h1-5,10,12,14,16H,6-9,11H2,(H,20,22)(H,23,24). The van der Waals surface area contributed by atoms with Crippen molar-refractivity contribution in [3.63, 3.8) is 0 Å². The first kappa shape index (κ1) is 16.2. The van der Waals surface area contributed by atoms with Gasteiger partial charge < -0.3 is 10.4 Å². The molecule has 1 aliphatic rings. The molecule has 0 spiro atoms. The Bertz CT molecular complexity index is 703. The third kappa shape index (κ3) is 4.01. The molecular formula is C18H21N3O3. The van der Waals surface area contributed by atoms with Gasteiger partial charge in [-0.1, -0.05) is 30.3 Å². The molecule has 0 atom stereocenters. The van der Waals surface area contributed by atoms with Crippen LogP contribution in [0.3, 0.4) is 0 Å². The summed E-state index contributed by atoms with van der Waals surface area (Å²) < 4.78 is 1.74. The van der Waals surface area contributed by atoms with Gasteiger partial charge >= 0.3 is 5.97 Å². The average molecular weight is 327 g/mol. The maximum atomic E-state index is 12.3. The first-order valence-electron chi connectivity index (χ1n) is 8.22. The van der Waals surface area contributed by atoms with Gasteiger partial charge in [-0.3, -0.25) is 14.3 Å². The first-order chi connectivity index (χ1) is 11.6. The lowest BCUT2D eigenvalue weighted by atomic mass is 9.86. The minimum atomic E-state index is -0.734. The lowest BCUT2D eigenvalue weighted by Crippen LogP contribution is -2.38. The van der Waals surface area contributed by atoms with Gasteiger partial charge in [0.2, 0.25) is 0 Å². The number of carbonyl (C=O) groups is 2. The van der Waals surface area contributed by atoms with Gasteiger partial charge in [0.25, 0.3) is 5.91 Å². The monoisotopic (exact) mass is 327 g/mol. The second-order valence-corrected chi connectivity index (χ2v) is 6.27. The van der Waals surface area contributed by atoms with Gasteiger partial charge in [0.1, 0.15) is 0 Å². The van der Waals surface area contributed by atoms with E-state index < -0.39 is 5.97 Å². The molecule has 126 valence electrons. The Morgan fingerprint density at radius 2 is 1.88 bits per heavy atom. The second kappa shape index (κ2) is 7.29. The van der Waals surface area contributed by atoms with E-state index >= 15 is 0 Å². The number of carboxylic acid groups (broad SMARTS) is 1. The highest BCUT2D eigenvalue weighted by atomic mass is 16.4. The summed E-state index contributed by atoms with van der Waals surface area (Å²) in [4.78, 5) is 23.3. The molecule has 2 N–H and O–H groups in total. The molecule has 0 radical (unpaired) electrons.